The Labute approximate surface area is 77.2 Å². The van der Waals surface area contributed by atoms with Gasteiger partial charge in [-0.3, -0.25) is 4.79 Å². The molecule has 0 atom stereocenters. The number of ether oxygens (including phenoxy) is 1. The predicted octanol–water partition coefficient (Wildman–Crippen LogP) is 0.645. The van der Waals surface area contributed by atoms with Crippen LogP contribution in [0.3, 0.4) is 0 Å². The smallest absolute Gasteiger partial charge is 0.319 e. The van der Waals surface area contributed by atoms with Gasteiger partial charge < -0.3 is 10.1 Å². The first-order chi connectivity index (χ1) is 5.72. The second-order valence-corrected chi connectivity index (χ2v) is 4.34. The number of esters is 1. The number of carbonyl (C=O) groups is 1. The minimum Gasteiger partial charge on any atom is -0.468 e. The first-order valence-corrected chi connectivity index (χ1v) is 5.27. The van der Waals surface area contributed by atoms with E-state index in [0.29, 0.717) is 11.3 Å². The van der Waals surface area contributed by atoms with Crippen LogP contribution in [0.25, 0.3) is 0 Å². The summed E-state index contributed by atoms with van der Waals surface area (Å²) in [5, 5.41) is 3.09. The van der Waals surface area contributed by atoms with E-state index in [0.717, 1.165) is 6.54 Å². The van der Waals surface area contributed by atoms with Crippen LogP contribution in [0.15, 0.2) is 0 Å². The van der Waals surface area contributed by atoms with Gasteiger partial charge in [0.05, 0.1) is 13.7 Å². The molecular weight excluding hydrogens is 174 g/mol. The highest BCUT2D eigenvalue weighted by Gasteiger charge is 2.41. The molecule has 1 aliphatic carbocycles. The van der Waals surface area contributed by atoms with E-state index in [2.05, 4.69) is 16.3 Å². The van der Waals surface area contributed by atoms with Crippen LogP contribution in [0.4, 0.5) is 0 Å². The molecule has 0 aromatic heterocycles. The van der Waals surface area contributed by atoms with Crippen molar-refractivity contribution in [2.45, 2.75) is 17.6 Å². The summed E-state index contributed by atoms with van der Waals surface area (Å²) in [5.74, 6) is -0.188. The van der Waals surface area contributed by atoms with Gasteiger partial charge in [-0.2, -0.15) is 11.8 Å². The highest BCUT2D eigenvalue weighted by molar-refractivity contribution is 8.00. The van der Waals surface area contributed by atoms with Gasteiger partial charge in [-0.05, 0) is 19.1 Å². The lowest BCUT2D eigenvalue weighted by Crippen LogP contribution is -2.31. The Morgan fingerprint density at radius 2 is 2.33 bits per heavy atom. The number of hydrogen-bond acceptors (Lipinski definition) is 4. The largest absolute Gasteiger partial charge is 0.468 e. The third-order valence-corrected chi connectivity index (χ3v) is 3.60. The summed E-state index contributed by atoms with van der Waals surface area (Å²) in [6.07, 6.45) is 4.65. The van der Waals surface area contributed by atoms with Crippen molar-refractivity contribution in [1.82, 2.24) is 5.32 Å². The van der Waals surface area contributed by atoms with Gasteiger partial charge in [0.25, 0.3) is 0 Å². The summed E-state index contributed by atoms with van der Waals surface area (Å²) in [6, 6.07) is 0. The predicted molar refractivity (Wildman–Crippen MR) is 50.4 cm³/mol. The first kappa shape index (κ1) is 9.86. The normalized spacial score (nSPS) is 18.8. The molecule has 0 saturated heterocycles. The van der Waals surface area contributed by atoms with E-state index >= 15 is 0 Å². The first-order valence-electron chi connectivity index (χ1n) is 4.05. The van der Waals surface area contributed by atoms with Gasteiger partial charge in [0.2, 0.25) is 0 Å². The summed E-state index contributed by atoms with van der Waals surface area (Å²) in [7, 11) is 1.41. The van der Waals surface area contributed by atoms with Gasteiger partial charge in [-0.25, -0.2) is 0 Å². The molecule has 0 amide bonds. The van der Waals surface area contributed by atoms with E-state index in [1.165, 1.54) is 20.0 Å². The molecule has 0 aliphatic heterocycles. The van der Waals surface area contributed by atoms with Crippen molar-refractivity contribution in [2.75, 3.05) is 26.5 Å². The molecule has 1 fully saturated rings. The van der Waals surface area contributed by atoms with Crippen LogP contribution >= 0.6 is 11.8 Å². The van der Waals surface area contributed by atoms with E-state index in [1.54, 1.807) is 0 Å². The van der Waals surface area contributed by atoms with Crippen LogP contribution < -0.4 is 5.32 Å². The van der Waals surface area contributed by atoms with Crippen molar-refractivity contribution in [3.05, 3.63) is 0 Å². The number of thioether (sulfide) groups is 1. The van der Waals surface area contributed by atoms with Crippen LogP contribution in [0, 0.1) is 0 Å². The van der Waals surface area contributed by atoms with Crippen molar-refractivity contribution < 1.29 is 9.53 Å². The molecule has 0 unspecified atom stereocenters. The van der Waals surface area contributed by atoms with Gasteiger partial charge in [-0.15, -0.1) is 0 Å². The molecule has 1 saturated carbocycles. The van der Waals surface area contributed by atoms with E-state index in [4.69, 9.17) is 0 Å². The van der Waals surface area contributed by atoms with Gasteiger partial charge in [0.15, 0.2) is 0 Å². The number of methoxy groups -OCH3 is 1. The third kappa shape index (κ3) is 2.68. The van der Waals surface area contributed by atoms with E-state index in [1.807, 2.05) is 11.8 Å². The molecule has 1 N–H and O–H groups in total. The number of rotatable bonds is 5. The molecule has 0 heterocycles. The SMILES string of the molecule is COC(=O)CNCC1(SC)CC1. The standard InChI is InChI=1S/C8H15NO2S/c1-11-7(10)5-9-6-8(12-2)3-4-8/h9H,3-6H2,1-2H3. The monoisotopic (exact) mass is 189 g/mol. The Hall–Kier alpha value is -0.220. The van der Waals surface area contributed by atoms with Crippen LogP contribution in [0.2, 0.25) is 0 Å². The second-order valence-electron chi connectivity index (χ2n) is 3.07. The van der Waals surface area contributed by atoms with Crippen LogP contribution in [0.1, 0.15) is 12.8 Å². The maximum atomic E-state index is 10.7. The molecule has 0 bridgehead atoms. The second kappa shape index (κ2) is 4.14. The molecule has 3 nitrogen and oxygen atoms in total. The van der Waals surface area contributed by atoms with Gasteiger partial charge in [-0.1, -0.05) is 0 Å². The van der Waals surface area contributed by atoms with Crippen LogP contribution in [-0.2, 0) is 9.53 Å². The van der Waals surface area contributed by atoms with Crippen LogP contribution in [-0.4, -0.2) is 37.2 Å². The molecule has 1 aliphatic rings. The fourth-order valence-electron chi connectivity index (χ4n) is 1.06. The minimum absolute atomic E-state index is 0.188. The zero-order valence-electron chi connectivity index (χ0n) is 7.55. The fraction of sp³-hybridized carbons (Fsp3) is 0.875. The van der Waals surface area contributed by atoms with E-state index in [9.17, 15) is 4.79 Å². The Morgan fingerprint density at radius 1 is 1.67 bits per heavy atom. The highest BCUT2D eigenvalue weighted by Crippen LogP contribution is 2.46. The quantitative estimate of drug-likeness (QED) is 0.644. The summed E-state index contributed by atoms with van der Waals surface area (Å²) >= 11 is 1.88. The van der Waals surface area contributed by atoms with Crippen molar-refractivity contribution in [3.8, 4) is 0 Å². The molecular formula is C8H15NO2S. The minimum atomic E-state index is -0.188. The zero-order valence-corrected chi connectivity index (χ0v) is 8.37. The Morgan fingerprint density at radius 3 is 2.75 bits per heavy atom. The van der Waals surface area contributed by atoms with Gasteiger partial charge >= 0.3 is 5.97 Å². The average Bonchev–Trinajstić information content (AvgIpc) is 2.85. The molecule has 0 aromatic carbocycles. The maximum absolute atomic E-state index is 10.7. The molecule has 4 heteroatoms. The lowest BCUT2D eigenvalue weighted by molar-refractivity contribution is -0.139. The summed E-state index contributed by atoms with van der Waals surface area (Å²) in [5.41, 5.74) is 0. The van der Waals surface area contributed by atoms with E-state index in [-0.39, 0.29) is 5.97 Å². The maximum Gasteiger partial charge on any atom is 0.319 e. The van der Waals surface area contributed by atoms with Crippen molar-refractivity contribution in [1.29, 1.82) is 0 Å². The van der Waals surface area contributed by atoms with Crippen molar-refractivity contribution in [3.63, 3.8) is 0 Å². The summed E-state index contributed by atoms with van der Waals surface area (Å²) in [4.78, 5) is 10.7. The van der Waals surface area contributed by atoms with Crippen molar-refractivity contribution in [2.24, 2.45) is 0 Å². The highest BCUT2D eigenvalue weighted by atomic mass is 32.2. The lowest BCUT2D eigenvalue weighted by atomic mass is 10.4. The van der Waals surface area contributed by atoms with Gasteiger partial charge in [0, 0.05) is 11.3 Å². The average molecular weight is 189 g/mol. The number of nitrogens with one attached hydrogen (secondary N) is 1. The number of carbonyl (C=O) groups excluding carboxylic acids is 1. The third-order valence-electron chi connectivity index (χ3n) is 2.18. The molecule has 12 heavy (non-hydrogen) atoms. The molecule has 0 spiro atoms. The molecule has 70 valence electrons. The summed E-state index contributed by atoms with van der Waals surface area (Å²) in [6.45, 7) is 1.25. The Bertz CT molecular complexity index is 168. The number of hydrogen-bond donors (Lipinski definition) is 1. The van der Waals surface area contributed by atoms with Crippen LogP contribution in [0.5, 0.6) is 0 Å². The molecule has 0 radical (unpaired) electrons. The lowest BCUT2D eigenvalue weighted by Gasteiger charge is -2.11. The molecule has 1 rings (SSSR count). The van der Waals surface area contributed by atoms with E-state index < -0.39 is 0 Å². The van der Waals surface area contributed by atoms with Gasteiger partial charge in [0.1, 0.15) is 0 Å². The fourth-order valence-corrected chi connectivity index (χ4v) is 1.81. The topological polar surface area (TPSA) is 38.3 Å². The Kier molecular flexibility index (Phi) is 3.40. The Balaban J connectivity index is 2.06. The summed E-state index contributed by atoms with van der Waals surface area (Å²) < 4.78 is 4.94. The van der Waals surface area contributed by atoms with Crippen molar-refractivity contribution >= 4 is 17.7 Å². The zero-order chi connectivity index (χ0) is 9.03. The molecule has 0 aromatic rings.